The molecule has 0 aliphatic carbocycles. The van der Waals surface area contributed by atoms with Crippen LogP contribution in [0.4, 0.5) is 5.69 Å². The molecule has 6 heteroatoms. The smallest absolute Gasteiger partial charge is 0.255 e. The highest BCUT2D eigenvalue weighted by atomic mass is 79.9. The third kappa shape index (κ3) is 3.94. The number of halogens is 1. The van der Waals surface area contributed by atoms with Gasteiger partial charge in [-0.15, -0.1) is 0 Å². The van der Waals surface area contributed by atoms with Crippen molar-refractivity contribution in [2.24, 2.45) is 0 Å². The molecule has 0 spiro atoms. The standard InChI is InChI=1S/C23H25BrN4O/c1-15-22(16(2)28(26-15)20-9-7-19(24)8-10-20)23(29)25-14-17-6-11-21-18(13-17)5-4-12-27(21)3/h6-11,13H,4-5,12,14H2,1-3H3,(H,25,29). The lowest BCUT2D eigenvalue weighted by Gasteiger charge is -2.27. The number of benzene rings is 2. The van der Waals surface area contributed by atoms with Crippen LogP contribution in [0.1, 0.15) is 39.3 Å². The molecule has 1 aromatic heterocycles. The highest BCUT2D eigenvalue weighted by Gasteiger charge is 2.20. The van der Waals surface area contributed by atoms with Gasteiger partial charge in [-0.2, -0.15) is 5.10 Å². The first kappa shape index (κ1) is 19.7. The van der Waals surface area contributed by atoms with Gasteiger partial charge in [-0.05, 0) is 68.1 Å². The number of hydrogen-bond donors (Lipinski definition) is 1. The number of fused-ring (bicyclic) bond motifs is 1. The van der Waals surface area contributed by atoms with Crippen LogP contribution in [0.2, 0.25) is 0 Å². The summed E-state index contributed by atoms with van der Waals surface area (Å²) in [6.45, 7) is 5.43. The van der Waals surface area contributed by atoms with Gasteiger partial charge in [-0.3, -0.25) is 4.79 Å². The van der Waals surface area contributed by atoms with E-state index >= 15 is 0 Å². The van der Waals surface area contributed by atoms with E-state index in [0.29, 0.717) is 12.1 Å². The Hall–Kier alpha value is -2.60. The van der Waals surface area contributed by atoms with E-state index in [9.17, 15) is 4.79 Å². The molecule has 2 heterocycles. The maximum absolute atomic E-state index is 12.9. The molecule has 0 bridgehead atoms. The van der Waals surface area contributed by atoms with Crippen molar-refractivity contribution in [3.05, 3.63) is 75.0 Å². The first-order valence-electron chi connectivity index (χ1n) is 9.87. The first-order valence-corrected chi connectivity index (χ1v) is 10.7. The topological polar surface area (TPSA) is 50.2 Å². The second kappa shape index (κ2) is 8.03. The van der Waals surface area contributed by atoms with Crippen LogP contribution in [0.5, 0.6) is 0 Å². The monoisotopic (exact) mass is 452 g/mol. The van der Waals surface area contributed by atoms with Crippen molar-refractivity contribution in [3.63, 3.8) is 0 Å². The van der Waals surface area contributed by atoms with Crippen molar-refractivity contribution < 1.29 is 4.79 Å². The van der Waals surface area contributed by atoms with E-state index in [0.717, 1.165) is 40.1 Å². The highest BCUT2D eigenvalue weighted by Crippen LogP contribution is 2.27. The summed E-state index contributed by atoms with van der Waals surface area (Å²) in [5.74, 6) is -0.0850. The van der Waals surface area contributed by atoms with E-state index in [1.807, 2.05) is 42.8 Å². The van der Waals surface area contributed by atoms with E-state index in [4.69, 9.17) is 0 Å². The largest absolute Gasteiger partial charge is 0.374 e. The summed E-state index contributed by atoms with van der Waals surface area (Å²) in [5.41, 5.74) is 6.94. The van der Waals surface area contributed by atoms with Crippen LogP contribution in [0.3, 0.4) is 0 Å². The zero-order valence-corrected chi connectivity index (χ0v) is 18.6. The second-order valence-electron chi connectivity index (χ2n) is 7.60. The van der Waals surface area contributed by atoms with Crippen LogP contribution in [0, 0.1) is 13.8 Å². The molecule has 1 amide bonds. The number of nitrogens with one attached hydrogen (secondary N) is 1. The lowest BCUT2D eigenvalue weighted by molar-refractivity contribution is 0.0949. The van der Waals surface area contributed by atoms with Gasteiger partial charge in [-0.1, -0.05) is 28.1 Å². The summed E-state index contributed by atoms with van der Waals surface area (Å²) >= 11 is 3.45. The highest BCUT2D eigenvalue weighted by molar-refractivity contribution is 9.10. The molecular weight excluding hydrogens is 428 g/mol. The molecule has 5 nitrogen and oxygen atoms in total. The molecule has 3 aromatic rings. The third-order valence-corrected chi connectivity index (χ3v) is 6.07. The normalized spacial score (nSPS) is 13.3. The molecule has 1 aliphatic heterocycles. The van der Waals surface area contributed by atoms with Crippen LogP contribution in [-0.4, -0.2) is 29.3 Å². The van der Waals surface area contributed by atoms with Gasteiger partial charge in [0, 0.05) is 30.3 Å². The second-order valence-corrected chi connectivity index (χ2v) is 8.52. The van der Waals surface area contributed by atoms with E-state index in [1.54, 1.807) is 0 Å². The fourth-order valence-corrected chi connectivity index (χ4v) is 4.29. The summed E-state index contributed by atoms with van der Waals surface area (Å²) < 4.78 is 2.84. The van der Waals surface area contributed by atoms with E-state index < -0.39 is 0 Å². The van der Waals surface area contributed by atoms with Crippen molar-refractivity contribution in [2.75, 3.05) is 18.5 Å². The van der Waals surface area contributed by atoms with Crippen molar-refractivity contribution in [2.45, 2.75) is 33.2 Å². The quantitative estimate of drug-likeness (QED) is 0.630. The third-order valence-electron chi connectivity index (χ3n) is 5.54. The molecule has 0 atom stereocenters. The Bertz CT molecular complexity index is 1060. The van der Waals surface area contributed by atoms with Gasteiger partial charge in [0.05, 0.1) is 22.6 Å². The van der Waals surface area contributed by atoms with Crippen molar-refractivity contribution >= 4 is 27.5 Å². The number of aryl methyl sites for hydroxylation is 2. The molecule has 0 fully saturated rings. The number of hydrogen-bond acceptors (Lipinski definition) is 3. The summed E-state index contributed by atoms with van der Waals surface area (Å²) in [4.78, 5) is 15.2. The van der Waals surface area contributed by atoms with Crippen LogP contribution >= 0.6 is 15.9 Å². The van der Waals surface area contributed by atoms with Crippen molar-refractivity contribution in [3.8, 4) is 5.69 Å². The van der Waals surface area contributed by atoms with Gasteiger partial charge >= 0.3 is 0 Å². The number of nitrogens with zero attached hydrogens (tertiary/aromatic N) is 3. The maximum atomic E-state index is 12.9. The van der Waals surface area contributed by atoms with E-state index in [1.165, 1.54) is 17.7 Å². The Balaban J connectivity index is 1.51. The Morgan fingerprint density at radius 3 is 2.69 bits per heavy atom. The minimum Gasteiger partial charge on any atom is -0.374 e. The number of aromatic nitrogens is 2. The van der Waals surface area contributed by atoms with Gasteiger partial charge < -0.3 is 10.2 Å². The summed E-state index contributed by atoms with van der Waals surface area (Å²) in [6, 6.07) is 14.4. The lowest BCUT2D eigenvalue weighted by atomic mass is 9.99. The van der Waals surface area contributed by atoms with Gasteiger partial charge in [-0.25, -0.2) is 4.68 Å². The van der Waals surface area contributed by atoms with E-state index in [-0.39, 0.29) is 5.91 Å². The lowest BCUT2D eigenvalue weighted by Crippen LogP contribution is -2.26. The molecule has 1 aliphatic rings. The Labute approximate surface area is 179 Å². The summed E-state index contributed by atoms with van der Waals surface area (Å²) in [5, 5.41) is 7.66. The molecule has 0 radical (unpaired) electrons. The van der Waals surface area contributed by atoms with Gasteiger partial charge in [0.1, 0.15) is 0 Å². The van der Waals surface area contributed by atoms with E-state index in [2.05, 4.69) is 56.5 Å². The maximum Gasteiger partial charge on any atom is 0.255 e. The van der Waals surface area contributed by atoms with Gasteiger partial charge in [0.15, 0.2) is 0 Å². The number of carbonyl (C=O) groups is 1. The van der Waals surface area contributed by atoms with Gasteiger partial charge in [0.2, 0.25) is 0 Å². The Kier molecular flexibility index (Phi) is 5.46. The Morgan fingerprint density at radius 1 is 1.17 bits per heavy atom. The number of amides is 1. The van der Waals surface area contributed by atoms with Crippen molar-refractivity contribution in [1.82, 2.24) is 15.1 Å². The molecule has 4 rings (SSSR count). The minimum absolute atomic E-state index is 0.0850. The SMILES string of the molecule is Cc1nn(-c2ccc(Br)cc2)c(C)c1C(=O)NCc1ccc2c(c1)CCCN2C. The van der Waals surface area contributed by atoms with Crippen molar-refractivity contribution in [1.29, 1.82) is 0 Å². The average molecular weight is 453 g/mol. The molecule has 0 saturated carbocycles. The van der Waals surface area contributed by atoms with Crippen LogP contribution in [-0.2, 0) is 13.0 Å². The molecule has 0 unspecified atom stereocenters. The number of carbonyl (C=O) groups excluding carboxylic acids is 1. The molecular formula is C23H25BrN4O. The predicted octanol–water partition coefficient (Wildman–Crippen LogP) is 4.56. The fourth-order valence-electron chi connectivity index (χ4n) is 4.02. The Morgan fingerprint density at radius 2 is 1.93 bits per heavy atom. The molecule has 0 saturated heterocycles. The fraction of sp³-hybridized carbons (Fsp3) is 0.304. The van der Waals surface area contributed by atoms with Crippen LogP contribution in [0.25, 0.3) is 5.69 Å². The van der Waals surface area contributed by atoms with Crippen LogP contribution in [0.15, 0.2) is 46.9 Å². The van der Waals surface area contributed by atoms with Crippen LogP contribution < -0.4 is 10.2 Å². The predicted molar refractivity (Wildman–Crippen MR) is 120 cm³/mol. The zero-order valence-electron chi connectivity index (χ0n) is 17.0. The average Bonchev–Trinajstić information content (AvgIpc) is 3.01. The summed E-state index contributed by atoms with van der Waals surface area (Å²) in [6.07, 6.45) is 2.27. The first-order chi connectivity index (χ1) is 13.9. The zero-order chi connectivity index (χ0) is 20.5. The minimum atomic E-state index is -0.0850. The molecule has 150 valence electrons. The number of anilines is 1. The summed E-state index contributed by atoms with van der Waals surface area (Å²) in [7, 11) is 2.13. The molecule has 2 aromatic carbocycles. The number of rotatable bonds is 4. The molecule has 29 heavy (non-hydrogen) atoms. The van der Waals surface area contributed by atoms with Gasteiger partial charge in [0.25, 0.3) is 5.91 Å². The molecule has 1 N–H and O–H groups in total.